The van der Waals surface area contributed by atoms with Crippen LogP contribution in [-0.2, 0) is 4.79 Å². The van der Waals surface area contributed by atoms with Gasteiger partial charge in [-0.05, 0) is 37.5 Å². The number of likely N-dealkylation sites (tertiary alicyclic amines) is 1. The summed E-state index contributed by atoms with van der Waals surface area (Å²) in [6, 6.07) is 10.6. The maximum Gasteiger partial charge on any atom is 0.261 e. The number of para-hydroxylation sites is 1. The summed E-state index contributed by atoms with van der Waals surface area (Å²) in [6.07, 6.45) is 5.66. The molecule has 3 N–H and O–H groups in total. The Morgan fingerprint density at radius 3 is 2.83 bits per heavy atom. The molecule has 0 bridgehead atoms. The van der Waals surface area contributed by atoms with Gasteiger partial charge in [0.2, 0.25) is 5.91 Å². The quantitative estimate of drug-likeness (QED) is 0.645. The van der Waals surface area contributed by atoms with E-state index in [1.165, 1.54) is 6.20 Å². The smallest absolute Gasteiger partial charge is 0.261 e. The van der Waals surface area contributed by atoms with Gasteiger partial charge in [0.15, 0.2) is 12.4 Å². The minimum Gasteiger partial charge on any atom is -0.484 e. The maximum atomic E-state index is 12.8. The van der Waals surface area contributed by atoms with Crippen molar-refractivity contribution in [3.8, 4) is 17.1 Å². The zero-order chi connectivity index (χ0) is 20.9. The number of primary amides is 1. The van der Waals surface area contributed by atoms with E-state index in [0.717, 1.165) is 19.3 Å². The van der Waals surface area contributed by atoms with Gasteiger partial charge < -0.3 is 15.4 Å². The second kappa shape index (κ2) is 8.73. The average molecular weight is 406 g/mol. The van der Waals surface area contributed by atoms with Gasteiger partial charge in [0.25, 0.3) is 5.91 Å². The van der Waals surface area contributed by atoms with E-state index in [9.17, 15) is 9.59 Å². The number of nitrogens with zero attached hydrogens (tertiary/aromatic N) is 4. The summed E-state index contributed by atoms with van der Waals surface area (Å²) in [6.45, 7) is 0.600. The molecule has 0 radical (unpaired) electrons. The molecule has 1 atom stereocenters. The molecular formula is C21H22N6O3. The van der Waals surface area contributed by atoms with Gasteiger partial charge in [0, 0.05) is 24.5 Å². The first-order valence-corrected chi connectivity index (χ1v) is 9.76. The summed E-state index contributed by atoms with van der Waals surface area (Å²) in [7, 11) is 0. The largest absolute Gasteiger partial charge is 0.484 e. The Bertz CT molecular complexity index is 1040. The summed E-state index contributed by atoms with van der Waals surface area (Å²) >= 11 is 0. The molecule has 0 unspecified atom stereocenters. The molecule has 3 heterocycles. The molecule has 154 valence electrons. The van der Waals surface area contributed by atoms with Crippen molar-refractivity contribution in [3.05, 3.63) is 60.2 Å². The van der Waals surface area contributed by atoms with Crippen molar-refractivity contribution >= 4 is 11.8 Å². The van der Waals surface area contributed by atoms with Crippen LogP contribution in [0.4, 0.5) is 0 Å². The van der Waals surface area contributed by atoms with E-state index in [4.69, 9.17) is 10.5 Å². The fraction of sp³-hybridized carbons (Fsp3) is 0.286. The van der Waals surface area contributed by atoms with E-state index in [1.807, 2.05) is 30.3 Å². The molecule has 1 aromatic carbocycles. The molecule has 1 aliphatic rings. The number of carbonyl (C=O) groups excluding carboxylic acids is 2. The van der Waals surface area contributed by atoms with Crippen LogP contribution in [0.2, 0.25) is 0 Å². The zero-order valence-corrected chi connectivity index (χ0v) is 16.3. The van der Waals surface area contributed by atoms with Gasteiger partial charge in [0.1, 0.15) is 11.6 Å². The number of benzene rings is 1. The lowest BCUT2D eigenvalue weighted by Crippen LogP contribution is -2.41. The number of H-pyrrole nitrogens is 1. The minimum atomic E-state index is -0.567. The third-order valence-corrected chi connectivity index (χ3v) is 5.03. The molecule has 9 heteroatoms. The molecule has 0 spiro atoms. The number of nitrogens with one attached hydrogen (secondary N) is 1. The van der Waals surface area contributed by atoms with Crippen molar-refractivity contribution in [2.45, 2.75) is 25.3 Å². The highest BCUT2D eigenvalue weighted by Crippen LogP contribution is 2.30. The number of aromatic nitrogens is 4. The molecule has 30 heavy (non-hydrogen) atoms. The number of aromatic amines is 1. The van der Waals surface area contributed by atoms with Gasteiger partial charge in [0.05, 0.1) is 11.6 Å². The van der Waals surface area contributed by atoms with Crippen LogP contribution in [0.15, 0.2) is 48.8 Å². The minimum absolute atomic E-state index is 0.0356. The van der Waals surface area contributed by atoms with E-state index in [0.29, 0.717) is 29.5 Å². The number of ether oxygens (including phenoxy) is 1. The predicted octanol–water partition coefficient (Wildman–Crippen LogP) is 2.10. The van der Waals surface area contributed by atoms with Crippen molar-refractivity contribution in [1.29, 1.82) is 0 Å². The normalized spacial score (nSPS) is 16.3. The summed E-state index contributed by atoms with van der Waals surface area (Å²) in [5.74, 6) is 0.992. The molecular weight excluding hydrogens is 384 g/mol. The molecule has 0 aliphatic carbocycles. The standard InChI is InChI=1S/C21H22N6O3/c22-19(29)14-10-15(12-23-11-14)20-24-21(26-25-20)17-8-4-5-9-27(17)18(28)13-30-16-6-2-1-3-7-16/h1-3,6-7,10-12,17H,4-5,8-9,13H2,(H2,22,29)(H,24,25,26)/t17-/m1/s1. The van der Waals surface area contributed by atoms with Gasteiger partial charge in [-0.3, -0.25) is 19.7 Å². The molecule has 3 aromatic rings. The van der Waals surface area contributed by atoms with Crippen molar-refractivity contribution in [1.82, 2.24) is 25.1 Å². The maximum absolute atomic E-state index is 12.8. The Kier molecular flexibility index (Phi) is 5.69. The van der Waals surface area contributed by atoms with E-state index in [2.05, 4.69) is 20.2 Å². The lowest BCUT2D eigenvalue weighted by atomic mass is 10.0. The first kappa shape index (κ1) is 19.6. The second-order valence-corrected chi connectivity index (χ2v) is 7.07. The first-order valence-electron chi connectivity index (χ1n) is 9.76. The van der Waals surface area contributed by atoms with Gasteiger partial charge in [-0.25, -0.2) is 4.98 Å². The molecule has 4 rings (SSSR count). The molecule has 2 aromatic heterocycles. The van der Waals surface area contributed by atoms with Crippen molar-refractivity contribution < 1.29 is 14.3 Å². The Morgan fingerprint density at radius 2 is 2.03 bits per heavy atom. The molecule has 1 aliphatic heterocycles. The number of amides is 2. The van der Waals surface area contributed by atoms with E-state index < -0.39 is 5.91 Å². The SMILES string of the molecule is NC(=O)c1cncc(-c2n[nH]c([C@H]3CCCCN3C(=O)COc3ccccc3)n2)c1. The highest BCUT2D eigenvalue weighted by atomic mass is 16.5. The summed E-state index contributed by atoms with van der Waals surface area (Å²) in [5, 5.41) is 7.19. The molecule has 0 saturated carbocycles. The molecule has 2 amide bonds. The summed E-state index contributed by atoms with van der Waals surface area (Å²) in [5.41, 5.74) is 6.18. The molecule has 1 saturated heterocycles. The van der Waals surface area contributed by atoms with Crippen molar-refractivity contribution in [2.75, 3.05) is 13.2 Å². The summed E-state index contributed by atoms with van der Waals surface area (Å²) in [4.78, 5) is 34.6. The number of piperidine rings is 1. The van der Waals surface area contributed by atoms with Gasteiger partial charge in [-0.15, -0.1) is 0 Å². The Balaban J connectivity index is 1.50. The van der Waals surface area contributed by atoms with Crippen molar-refractivity contribution in [2.24, 2.45) is 5.73 Å². The average Bonchev–Trinajstić information content (AvgIpc) is 3.28. The van der Waals surface area contributed by atoms with Crippen LogP contribution in [0.5, 0.6) is 5.75 Å². The van der Waals surface area contributed by atoms with E-state index >= 15 is 0 Å². The Hall–Kier alpha value is -3.75. The number of carbonyl (C=O) groups is 2. The summed E-state index contributed by atoms with van der Waals surface area (Å²) < 4.78 is 5.63. The monoisotopic (exact) mass is 406 g/mol. The van der Waals surface area contributed by atoms with Gasteiger partial charge in [-0.1, -0.05) is 18.2 Å². The van der Waals surface area contributed by atoms with E-state index in [-0.39, 0.29) is 24.1 Å². The van der Waals surface area contributed by atoms with Crippen LogP contribution in [0.3, 0.4) is 0 Å². The highest BCUT2D eigenvalue weighted by Gasteiger charge is 2.30. The fourth-order valence-corrected chi connectivity index (χ4v) is 3.51. The van der Waals surface area contributed by atoms with Crippen molar-refractivity contribution in [3.63, 3.8) is 0 Å². The number of pyridine rings is 1. The van der Waals surface area contributed by atoms with Crippen LogP contribution in [0.1, 0.15) is 41.5 Å². The highest BCUT2D eigenvalue weighted by molar-refractivity contribution is 5.93. The predicted molar refractivity (Wildman–Crippen MR) is 108 cm³/mol. The number of hydrogen-bond acceptors (Lipinski definition) is 6. The first-order chi connectivity index (χ1) is 14.6. The third kappa shape index (κ3) is 4.29. The lowest BCUT2D eigenvalue weighted by Gasteiger charge is -2.34. The van der Waals surface area contributed by atoms with Gasteiger partial charge in [-0.2, -0.15) is 5.10 Å². The number of rotatable bonds is 6. The fourth-order valence-electron chi connectivity index (χ4n) is 3.51. The van der Waals surface area contributed by atoms with Crippen LogP contribution in [0.25, 0.3) is 11.4 Å². The molecule has 9 nitrogen and oxygen atoms in total. The van der Waals surface area contributed by atoms with Crippen LogP contribution >= 0.6 is 0 Å². The van der Waals surface area contributed by atoms with Crippen LogP contribution in [0, 0.1) is 0 Å². The van der Waals surface area contributed by atoms with Gasteiger partial charge >= 0.3 is 0 Å². The van der Waals surface area contributed by atoms with Crippen LogP contribution in [-0.4, -0.2) is 50.0 Å². The zero-order valence-electron chi connectivity index (χ0n) is 16.3. The second-order valence-electron chi connectivity index (χ2n) is 7.07. The lowest BCUT2D eigenvalue weighted by molar-refractivity contribution is -0.137. The number of hydrogen-bond donors (Lipinski definition) is 2. The number of nitrogens with two attached hydrogens (primary N) is 1. The van der Waals surface area contributed by atoms with E-state index in [1.54, 1.807) is 17.2 Å². The Labute approximate surface area is 173 Å². The Morgan fingerprint density at radius 1 is 1.20 bits per heavy atom. The third-order valence-electron chi connectivity index (χ3n) is 5.03. The topological polar surface area (TPSA) is 127 Å². The van der Waals surface area contributed by atoms with Crippen LogP contribution < -0.4 is 10.5 Å². The molecule has 1 fully saturated rings.